The van der Waals surface area contributed by atoms with Crippen molar-refractivity contribution in [2.45, 2.75) is 51.2 Å². The van der Waals surface area contributed by atoms with Crippen LogP contribution >= 0.6 is 0 Å². The molecular formula is C32H34N6. The van der Waals surface area contributed by atoms with Gasteiger partial charge in [-0.3, -0.25) is 0 Å². The summed E-state index contributed by atoms with van der Waals surface area (Å²) in [6.45, 7) is 5.58. The van der Waals surface area contributed by atoms with Crippen molar-refractivity contribution < 1.29 is 0 Å². The monoisotopic (exact) mass is 502 g/mol. The van der Waals surface area contributed by atoms with E-state index in [2.05, 4.69) is 105 Å². The molecule has 6 heteroatoms. The predicted molar refractivity (Wildman–Crippen MR) is 154 cm³/mol. The van der Waals surface area contributed by atoms with Crippen molar-refractivity contribution in [1.29, 1.82) is 0 Å². The van der Waals surface area contributed by atoms with Crippen molar-refractivity contribution in [2.24, 2.45) is 5.92 Å². The van der Waals surface area contributed by atoms with Crippen LogP contribution < -0.4 is 10.6 Å². The second kappa shape index (κ2) is 9.53. The van der Waals surface area contributed by atoms with E-state index in [0.29, 0.717) is 24.0 Å². The van der Waals surface area contributed by atoms with E-state index < -0.39 is 0 Å². The van der Waals surface area contributed by atoms with Crippen LogP contribution in [0.25, 0.3) is 44.4 Å². The third-order valence-corrected chi connectivity index (χ3v) is 8.26. The number of rotatable bonds is 5. The predicted octanol–water partition coefficient (Wildman–Crippen LogP) is 6.77. The normalized spacial score (nSPS) is 23.4. The summed E-state index contributed by atoms with van der Waals surface area (Å²) in [5, 5.41) is 9.63. The number of nitrogens with one attached hydrogen (secondary N) is 4. The van der Waals surface area contributed by atoms with Crippen molar-refractivity contribution >= 4 is 10.8 Å². The minimum Gasteiger partial charge on any atom is -0.341 e. The molecule has 7 rings (SSSR count). The van der Waals surface area contributed by atoms with Gasteiger partial charge in [0.1, 0.15) is 11.6 Å². The van der Waals surface area contributed by atoms with E-state index in [0.717, 1.165) is 48.0 Å². The summed E-state index contributed by atoms with van der Waals surface area (Å²) >= 11 is 0. The number of H-pyrrole nitrogens is 2. The molecule has 0 aliphatic carbocycles. The van der Waals surface area contributed by atoms with Crippen LogP contribution in [-0.2, 0) is 0 Å². The first-order valence-corrected chi connectivity index (χ1v) is 13.8. The second-order valence-electron chi connectivity index (χ2n) is 11.2. The highest BCUT2D eigenvalue weighted by Gasteiger charge is 2.25. The first-order chi connectivity index (χ1) is 18.6. The molecule has 2 fully saturated rings. The van der Waals surface area contributed by atoms with Crippen LogP contribution in [0, 0.1) is 5.92 Å². The zero-order valence-corrected chi connectivity index (χ0v) is 22.0. The zero-order chi connectivity index (χ0) is 25.6. The third-order valence-electron chi connectivity index (χ3n) is 8.26. The molecule has 2 aliphatic heterocycles. The minimum absolute atomic E-state index is 0.330. The quantitative estimate of drug-likeness (QED) is 0.214. The molecule has 2 aromatic heterocycles. The fourth-order valence-corrected chi connectivity index (χ4v) is 6.02. The molecule has 38 heavy (non-hydrogen) atoms. The van der Waals surface area contributed by atoms with Gasteiger partial charge in [0.05, 0.1) is 35.9 Å². The van der Waals surface area contributed by atoms with E-state index in [9.17, 15) is 0 Å². The van der Waals surface area contributed by atoms with Gasteiger partial charge in [0.2, 0.25) is 0 Å². The van der Waals surface area contributed by atoms with Crippen molar-refractivity contribution in [3.63, 3.8) is 0 Å². The molecule has 4 atom stereocenters. The number of nitrogens with zero attached hydrogens (tertiary/aromatic N) is 2. The van der Waals surface area contributed by atoms with Gasteiger partial charge in [-0.1, -0.05) is 55.5 Å². The van der Waals surface area contributed by atoms with E-state index in [1.165, 1.54) is 33.9 Å². The Morgan fingerprint density at radius 1 is 0.658 bits per heavy atom. The average molecular weight is 503 g/mol. The Kier molecular flexibility index (Phi) is 5.87. The topological polar surface area (TPSA) is 81.4 Å². The van der Waals surface area contributed by atoms with Gasteiger partial charge < -0.3 is 20.6 Å². The largest absolute Gasteiger partial charge is 0.341 e. The molecule has 4 N–H and O–H groups in total. The molecule has 0 bridgehead atoms. The molecule has 0 amide bonds. The Balaban J connectivity index is 1.09. The van der Waals surface area contributed by atoms with Crippen molar-refractivity contribution in [2.75, 3.05) is 6.54 Å². The maximum absolute atomic E-state index is 4.67. The summed E-state index contributed by atoms with van der Waals surface area (Å²) in [4.78, 5) is 16.4. The summed E-state index contributed by atoms with van der Waals surface area (Å²) in [7, 11) is 0. The molecule has 0 radical (unpaired) electrons. The molecule has 0 spiro atoms. The Bertz CT molecular complexity index is 1580. The molecule has 2 unspecified atom stereocenters. The number of imidazole rings is 2. The van der Waals surface area contributed by atoms with Crippen LogP contribution in [0.5, 0.6) is 0 Å². The summed E-state index contributed by atoms with van der Waals surface area (Å²) in [5.74, 6) is 2.78. The summed E-state index contributed by atoms with van der Waals surface area (Å²) < 4.78 is 0. The zero-order valence-electron chi connectivity index (χ0n) is 22.0. The smallest absolute Gasteiger partial charge is 0.123 e. The number of fused-ring (bicyclic) bond motifs is 1. The third kappa shape index (κ3) is 4.44. The second-order valence-corrected chi connectivity index (χ2v) is 11.2. The molecule has 5 aromatic rings. The van der Waals surface area contributed by atoms with Crippen LogP contribution in [0.15, 0.2) is 73.1 Å². The SMILES string of the molecule is CC1CN[C@H](c2ncc(-c3ccc(-c4ccc5cc(-c6cnc([C@@H]7CCC(C)N7)[nH]6)ccc5c4)cc3)[nH]2)C1. The Hall–Kier alpha value is -3.74. The lowest BCUT2D eigenvalue weighted by Gasteiger charge is -2.09. The minimum atomic E-state index is 0.330. The van der Waals surface area contributed by atoms with Crippen molar-refractivity contribution in [3.05, 3.63) is 84.7 Å². The highest BCUT2D eigenvalue weighted by atomic mass is 15.1. The van der Waals surface area contributed by atoms with Crippen LogP contribution in [0.2, 0.25) is 0 Å². The van der Waals surface area contributed by atoms with Gasteiger partial charge >= 0.3 is 0 Å². The van der Waals surface area contributed by atoms with Gasteiger partial charge in [0, 0.05) is 11.6 Å². The number of hydrogen-bond donors (Lipinski definition) is 4. The molecule has 3 aromatic carbocycles. The van der Waals surface area contributed by atoms with Crippen LogP contribution in [-0.4, -0.2) is 32.5 Å². The van der Waals surface area contributed by atoms with E-state index in [1.807, 2.05) is 12.4 Å². The first kappa shape index (κ1) is 23.4. The maximum Gasteiger partial charge on any atom is 0.123 e. The van der Waals surface area contributed by atoms with Crippen LogP contribution in [0.1, 0.15) is 56.8 Å². The molecule has 192 valence electrons. The van der Waals surface area contributed by atoms with Crippen molar-refractivity contribution in [1.82, 2.24) is 30.6 Å². The molecule has 4 heterocycles. The van der Waals surface area contributed by atoms with Gasteiger partial charge in [-0.2, -0.15) is 0 Å². The summed E-state index contributed by atoms with van der Waals surface area (Å²) in [6, 6.07) is 23.3. The van der Waals surface area contributed by atoms with Crippen LogP contribution in [0.4, 0.5) is 0 Å². The molecule has 6 nitrogen and oxygen atoms in total. The summed E-state index contributed by atoms with van der Waals surface area (Å²) in [5.41, 5.74) is 6.90. The Morgan fingerprint density at radius 2 is 1.26 bits per heavy atom. The van der Waals surface area contributed by atoms with Crippen LogP contribution in [0.3, 0.4) is 0 Å². The number of aromatic nitrogens is 4. The Morgan fingerprint density at radius 3 is 1.92 bits per heavy atom. The lowest BCUT2D eigenvalue weighted by atomic mass is 9.98. The fourth-order valence-electron chi connectivity index (χ4n) is 6.02. The first-order valence-electron chi connectivity index (χ1n) is 13.8. The average Bonchev–Trinajstić information content (AvgIpc) is 3.75. The lowest BCUT2D eigenvalue weighted by molar-refractivity contribution is 0.564. The molecular weight excluding hydrogens is 468 g/mol. The highest BCUT2D eigenvalue weighted by molar-refractivity contribution is 5.90. The van der Waals surface area contributed by atoms with Gasteiger partial charge in [-0.15, -0.1) is 0 Å². The lowest BCUT2D eigenvalue weighted by Crippen LogP contribution is -2.21. The van der Waals surface area contributed by atoms with Gasteiger partial charge in [0.15, 0.2) is 0 Å². The molecule has 2 saturated heterocycles. The summed E-state index contributed by atoms with van der Waals surface area (Å²) in [6.07, 6.45) is 7.38. The number of aromatic amines is 2. The fraction of sp³-hybridized carbons (Fsp3) is 0.312. The standard InChI is InChI=1S/C32H34N6/c1-19-13-28(33-16-19)32-35-17-29(37-32)22-6-4-21(5-7-22)23-8-9-25-15-26(11-10-24(25)14-23)30-18-34-31(38-30)27-12-3-20(2)36-27/h4-11,14-15,17-20,27-28,33,36H,3,12-13,16H2,1-2H3,(H,34,38)(H,35,37)/t19?,20?,27-,28-/m0/s1. The van der Waals surface area contributed by atoms with E-state index in [4.69, 9.17) is 0 Å². The highest BCUT2D eigenvalue weighted by Crippen LogP contribution is 2.32. The van der Waals surface area contributed by atoms with Gasteiger partial charge in [-0.05, 0) is 78.2 Å². The van der Waals surface area contributed by atoms with E-state index in [-0.39, 0.29) is 0 Å². The van der Waals surface area contributed by atoms with Gasteiger partial charge in [0.25, 0.3) is 0 Å². The van der Waals surface area contributed by atoms with Gasteiger partial charge in [-0.25, -0.2) is 9.97 Å². The Labute approximate surface area is 223 Å². The maximum atomic E-state index is 4.67. The van der Waals surface area contributed by atoms with Crippen molar-refractivity contribution in [3.8, 4) is 33.6 Å². The molecule has 2 aliphatic rings. The number of benzene rings is 3. The van der Waals surface area contributed by atoms with E-state index >= 15 is 0 Å². The molecule has 0 saturated carbocycles. The number of hydrogen-bond acceptors (Lipinski definition) is 4. The van der Waals surface area contributed by atoms with E-state index in [1.54, 1.807) is 0 Å².